The lowest BCUT2D eigenvalue weighted by molar-refractivity contribution is -0.114. The van der Waals surface area contributed by atoms with Crippen LogP contribution in [0.25, 0.3) is 0 Å². The molecule has 2 rings (SSSR count). The highest BCUT2D eigenvalue weighted by molar-refractivity contribution is 5.93. The molecule has 0 unspecified atom stereocenters. The average Bonchev–Trinajstić information content (AvgIpc) is 3.15. The van der Waals surface area contributed by atoms with Gasteiger partial charge in [0.2, 0.25) is 5.91 Å². The zero-order valence-electron chi connectivity index (χ0n) is 17.1. The molecule has 1 aliphatic rings. The lowest BCUT2D eigenvalue weighted by Gasteiger charge is -2.33. The molecule has 0 bridgehead atoms. The Balaban J connectivity index is 1.96. The highest BCUT2D eigenvalue weighted by Gasteiger charge is 2.27. The van der Waals surface area contributed by atoms with Gasteiger partial charge in [0.15, 0.2) is 0 Å². The van der Waals surface area contributed by atoms with Crippen LogP contribution in [0.15, 0.2) is 18.2 Å². The van der Waals surface area contributed by atoms with Crippen molar-refractivity contribution in [2.45, 2.75) is 59.4 Å². The molecule has 1 atom stereocenters. The highest BCUT2D eigenvalue weighted by atomic mass is 16.2. The molecule has 0 radical (unpaired) electrons. The van der Waals surface area contributed by atoms with Crippen molar-refractivity contribution in [3.63, 3.8) is 0 Å². The zero-order chi connectivity index (χ0) is 19.8. The number of rotatable bonds is 8. The van der Waals surface area contributed by atoms with Gasteiger partial charge in [0.25, 0.3) is 0 Å². The van der Waals surface area contributed by atoms with Gasteiger partial charge in [-0.2, -0.15) is 0 Å². The van der Waals surface area contributed by atoms with Crippen LogP contribution in [0.3, 0.4) is 0 Å². The van der Waals surface area contributed by atoms with E-state index in [1.165, 1.54) is 19.8 Å². The number of benzene rings is 1. The maximum Gasteiger partial charge on any atom is 0.319 e. The molecule has 0 aliphatic carbocycles. The van der Waals surface area contributed by atoms with Gasteiger partial charge >= 0.3 is 6.03 Å². The minimum Gasteiger partial charge on any atom is -0.336 e. The molecule has 1 fully saturated rings. The number of hydrogen-bond donors (Lipinski definition) is 3. The van der Waals surface area contributed by atoms with Crippen molar-refractivity contribution < 1.29 is 9.59 Å². The first-order valence-electron chi connectivity index (χ1n) is 10.1. The fourth-order valence-electron chi connectivity index (χ4n) is 3.90. The van der Waals surface area contributed by atoms with Crippen molar-refractivity contribution in [2.24, 2.45) is 5.92 Å². The summed E-state index contributed by atoms with van der Waals surface area (Å²) in [6.45, 7) is 10.8. The van der Waals surface area contributed by atoms with Gasteiger partial charge in [0.05, 0.1) is 0 Å². The summed E-state index contributed by atoms with van der Waals surface area (Å²) in [6, 6.07) is 5.70. The van der Waals surface area contributed by atoms with Gasteiger partial charge in [0.1, 0.15) is 0 Å². The minimum atomic E-state index is -0.206. The third kappa shape index (κ3) is 6.24. The maximum atomic E-state index is 12.4. The SMILES string of the molecule is CCC(CC)[C@@H](CNC(=O)Nc1ccc(C)c(NC(C)=O)c1)N1CCCC1. The standard InChI is InChI=1S/C21H34N4O2/c1-5-17(6-2)20(25-11-7-8-12-25)14-22-21(27)24-18-10-9-15(3)19(13-18)23-16(4)26/h9-10,13,17,20H,5-8,11-12,14H2,1-4H3,(H,23,26)(H2,22,24,27)/t20-/m1/s1. The predicted octanol–water partition coefficient (Wildman–Crippen LogP) is 3.98. The number of anilines is 2. The second-order valence-corrected chi connectivity index (χ2v) is 7.43. The van der Waals surface area contributed by atoms with Gasteiger partial charge < -0.3 is 16.0 Å². The number of hydrogen-bond acceptors (Lipinski definition) is 3. The fourth-order valence-corrected chi connectivity index (χ4v) is 3.90. The molecular weight excluding hydrogens is 340 g/mol. The van der Waals surface area contributed by atoms with Crippen molar-refractivity contribution in [1.29, 1.82) is 0 Å². The summed E-state index contributed by atoms with van der Waals surface area (Å²) >= 11 is 0. The summed E-state index contributed by atoms with van der Waals surface area (Å²) in [7, 11) is 0. The Morgan fingerprint density at radius 2 is 1.78 bits per heavy atom. The van der Waals surface area contributed by atoms with Crippen LogP contribution in [0.2, 0.25) is 0 Å². The van der Waals surface area contributed by atoms with E-state index in [4.69, 9.17) is 0 Å². The lowest BCUT2D eigenvalue weighted by Crippen LogP contribution is -2.47. The molecular formula is C21H34N4O2. The van der Waals surface area contributed by atoms with E-state index in [-0.39, 0.29) is 11.9 Å². The molecule has 1 aliphatic heterocycles. The maximum absolute atomic E-state index is 12.4. The van der Waals surface area contributed by atoms with Crippen molar-refractivity contribution in [3.05, 3.63) is 23.8 Å². The second kappa shape index (κ2) is 10.3. The number of nitrogens with one attached hydrogen (secondary N) is 3. The Morgan fingerprint density at radius 3 is 2.37 bits per heavy atom. The van der Waals surface area contributed by atoms with Gasteiger partial charge in [-0.15, -0.1) is 0 Å². The Bertz CT molecular complexity index is 635. The van der Waals surface area contributed by atoms with E-state index in [9.17, 15) is 9.59 Å². The van der Waals surface area contributed by atoms with Gasteiger partial charge in [-0.25, -0.2) is 4.79 Å². The zero-order valence-corrected chi connectivity index (χ0v) is 17.1. The van der Waals surface area contributed by atoms with Crippen LogP contribution in [-0.4, -0.2) is 42.5 Å². The fraction of sp³-hybridized carbons (Fsp3) is 0.619. The summed E-state index contributed by atoms with van der Waals surface area (Å²) in [4.78, 5) is 26.3. The Hall–Kier alpha value is -2.08. The topological polar surface area (TPSA) is 73.5 Å². The predicted molar refractivity (Wildman–Crippen MR) is 111 cm³/mol. The number of carbonyl (C=O) groups excluding carboxylic acids is 2. The third-order valence-corrected chi connectivity index (χ3v) is 5.48. The second-order valence-electron chi connectivity index (χ2n) is 7.43. The van der Waals surface area contributed by atoms with Crippen LogP contribution < -0.4 is 16.0 Å². The Labute approximate surface area is 163 Å². The van der Waals surface area contributed by atoms with Crippen molar-refractivity contribution in [1.82, 2.24) is 10.2 Å². The van der Waals surface area contributed by atoms with Crippen molar-refractivity contribution >= 4 is 23.3 Å². The molecule has 6 nitrogen and oxygen atoms in total. The van der Waals surface area contributed by atoms with E-state index in [1.807, 2.05) is 19.1 Å². The van der Waals surface area contributed by atoms with Crippen LogP contribution in [0.1, 0.15) is 52.0 Å². The molecule has 6 heteroatoms. The lowest BCUT2D eigenvalue weighted by atomic mass is 9.93. The van der Waals surface area contributed by atoms with E-state index < -0.39 is 0 Å². The molecule has 0 spiro atoms. The molecule has 1 saturated heterocycles. The molecule has 0 aromatic heterocycles. The van der Waals surface area contributed by atoms with Crippen LogP contribution in [0, 0.1) is 12.8 Å². The summed E-state index contributed by atoms with van der Waals surface area (Å²) in [5.74, 6) is 0.465. The van der Waals surface area contributed by atoms with Gasteiger partial charge in [0, 0.05) is 30.9 Å². The van der Waals surface area contributed by atoms with E-state index in [0.717, 1.165) is 31.5 Å². The van der Waals surface area contributed by atoms with E-state index in [0.29, 0.717) is 29.9 Å². The van der Waals surface area contributed by atoms with E-state index in [2.05, 4.69) is 34.7 Å². The van der Waals surface area contributed by atoms with Gasteiger partial charge in [-0.05, 0) is 56.5 Å². The van der Waals surface area contributed by atoms with Gasteiger partial charge in [-0.3, -0.25) is 9.69 Å². The Kier molecular flexibility index (Phi) is 8.10. The van der Waals surface area contributed by atoms with Crippen molar-refractivity contribution in [2.75, 3.05) is 30.3 Å². The summed E-state index contributed by atoms with van der Waals surface area (Å²) in [6.07, 6.45) is 4.74. The molecule has 1 heterocycles. The summed E-state index contributed by atoms with van der Waals surface area (Å²) in [5.41, 5.74) is 2.34. The first kappa shape index (κ1) is 21.2. The molecule has 3 amide bonds. The number of aryl methyl sites for hydroxylation is 1. The largest absolute Gasteiger partial charge is 0.336 e. The Morgan fingerprint density at radius 1 is 1.11 bits per heavy atom. The number of amides is 3. The molecule has 1 aromatic rings. The summed E-state index contributed by atoms with van der Waals surface area (Å²) in [5, 5.41) is 8.72. The number of nitrogens with zero attached hydrogens (tertiary/aromatic N) is 1. The number of carbonyl (C=O) groups is 2. The number of likely N-dealkylation sites (tertiary alicyclic amines) is 1. The monoisotopic (exact) mass is 374 g/mol. The number of urea groups is 1. The van der Waals surface area contributed by atoms with Crippen LogP contribution >= 0.6 is 0 Å². The normalized spacial score (nSPS) is 15.6. The van der Waals surface area contributed by atoms with E-state index >= 15 is 0 Å². The molecule has 3 N–H and O–H groups in total. The first-order chi connectivity index (χ1) is 12.9. The smallest absolute Gasteiger partial charge is 0.319 e. The molecule has 1 aromatic carbocycles. The van der Waals surface area contributed by atoms with Gasteiger partial charge in [-0.1, -0.05) is 32.8 Å². The molecule has 0 saturated carbocycles. The molecule has 27 heavy (non-hydrogen) atoms. The van der Waals surface area contributed by atoms with E-state index in [1.54, 1.807) is 6.07 Å². The average molecular weight is 375 g/mol. The highest BCUT2D eigenvalue weighted by Crippen LogP contribution is 2.23. The third-order valence-electron chi connectivity index (χ3n) is 5.48. The molecule has 150 valence electrons. The summed E-state index contributed by atoms with van der Waals surface area (Å²) < 4.78 is 0. The van der Waals surface area contributed by atoms with Crippen LogP contribution in [0.4, 0.5) is 16.2 Å². The van der Waals surface area contributed by atoms with Crippen LogP contribution in [0.5, 0.6) is 0 Å². The quantitative estimate of drug-likeness (QED) is 0.644. The van der Waals surface area contributed by atoms with Crippen molar-refractivity contribution in [3.8, 4) is 0 Å². The first-order valence-corrected chi connectivity index (χ1v) is 10.1. The van der Waals surface area contributed by atoms with Crippen LogP contribution in [-0.2, 0) is 4.79 Å². The minimum absolute atomic E-state index is 0.127.